The first-order chi connectivity index (χ1) is 9.32. The Morgan fingerprint density at radius 2 is 2.00 bits per heavy atom. The largest absolute Gasteiger partial charge is 0.480 e. The molecule has 2 rings (SSSR count). The van der Waals surface area contributed by atoms with Gasteiger partial charge in [-0.25, -0.2) is 13.6 Å². The summed E-state index contributed by atoms with van der Waals surface area (Å²) in [4.78, 5) is 24.1. The highest BCUT2D eigenvalue weighted by atomic mass is 19.2. The van der Waals surface area contributed by atoms with Crippen molar-refractivity contribution in [1.29, 1.82) is 0 Å². The number of carboxylic acid groups (broad SMARTS) is 1. The maximum absolute atomic E-state index is 13.1. The lowest BCUT2D eigenvalue weighted by molar-refractivity contribution is -0.148. The lowest BCUT2D eigenvalue weighted by atomic mass is 10.1. The number of aliphatic carboxylic acids is 1. The summed E-state index contributed by atoms with van der Waals surface area (Å²) in [6, 6.07) is 2.67. The van der Waals surface area contributed by atoms with E-state index in [4.69, 9.17) is 5.11 Å². The van der Waals surface area contributed by atoms with E-state index in [0.29, 0.717) is 12.0 Å². The molecule has 1 aromatic rings. The molecule has 0 spiro atoms. The molecule has 1 N–H and O–H groups in total. The third kappa shape index (κ3) is 2.64. The van der Waals surface area contributed by atoms with Crippen LogP contribution in [-0.2, 0) is 9.59 Å². The minimum atomic E-state index is -1.08. The Balaban J connectivity index is 2.05. The molecule has 6 heteroatoms. The minimum absolute atomic E-state index is 0.166. The highest BCUT2D eigenvalue weighted by Crippen LogP contribution is 2.48. The second kappa shape index (κ2) is 5.19. The lowest BCUT2D eigenvalue weighted by Gasteiger charge is -2.21. The average Bonchev–Trinajstić information content (AvgIpc) is 3.19. The molecule has 1 amide bonds. The van der Waals surface area contributed by atoms with Crippen molar-refractivity contribution in [3.63, 3.8) is 0 Å². The molecule has 4 nitrogen and oxygen atoms in total. The molecule has 1 aromatic carbocycles. The fraction of sp³-hybridized carbons (Fsp3) is 0.429. The molecule has 0 bridgehead atoms. The standard InChI is InChI=1S/C14H15F2NO3/c1-7(14(19)20)17(2)13(18)10-6-9(10)8-3-4-11(15)12(16)5-8/h3-5,7,9-10H,6H2,1-2H3,(H,19,20). The Bertz CT molecular complexity index is 561. The Labute approximate surface area is 115 Å². The second-order valence-electron chi connectivity index (χ2n) is 5.09. The van der Waals surface area contributed by atoms with Crippen molar-refractivity contribution in [2.24, 2.45) is 5.92 Å². The molecule has 0 aliphatic heterocycles. The van der Waals surface area contributed by atoms with Crippen molar-refractivity contribution in [3.05, 3.63) is 35.4 Å². The molecule has 0 saturated heterocycles. The number of rotatable bonds is 4. The molecule has 0 aromatic heterocycles. The summed E-state index contributed by atoms with van der Waals surface area (Å²) in [5.41, 5.74) is 0.568. The molecule has 3 unspecified atom stereocenters. The van der Waals surface area contributed by atoms with E-state index >= 15 is 0 Å². The Morgan fingerprint density at radius 3 is 2.55 bits per heavy atom. The molecule has 108 valence electrons. The van der Waals surface area contributed by atoms with Crippen LogP contribution in [0.2, 0.25) is 0 Å². The number of halogens is 2. The third-order valence-corrected chi connectivity index (χ3v) is 3.77. The van der Waals surface area contributed by atoms with Gasteiger partial charge >= 0.3 is 5.97 Å². The van der Waals surface area contributed by atoms with Crippen LogP contribution in [0.3, 0.4) is 0 Å². The summed E-state index contributed by atoms with van der Waals surface area (Å²) in [5.74, 6) is -3.74. The Hall–Kier alpha value is -1.98. The van der Waals surface area contributed by atoms with E-state index in [2.05, 4.69) is 0 Å². The van der Waals surface area contributed by atoms with Crippen molar-refractivity contribution < 1.29 is 23.5 Å². The Morgan fingerprint density at radius 1 is 1.35 bits per heavy atom. The molecule has 3 atom stereocenters. The van der Waals surface area contributed by atoms with Gasteiger partial charge in [-0.05, 0) is 37.0 Å². The fourth-order valence-electron chi connectivity index (χ4n) is 2.20. The van der Waals surface area contributed by atoms with Crippen LogP contribution in [0.25, 0.3) is 0 Å². The summed E-state index contributed by atoms with van der Waals surface area (Å²) in [7, 11) is 1.43. The van der Waals surface area contributed by atoms with E-state index in [1.165, 1.54) is 24.9 Å². The SMILES string of the molecule is CC(C(=O)O)N(C)C(=O)C1CC1c1ccc(F)c(F)c1. The number of carboxylic acids is 1. The topological polar surface area (TPSA) is 57.6 Å². The summed E-state index contributed by atoms with van der Waals surface area (Å²) in [6.07, 6.45) is 0.528. The van der Waals surface area contributed by atoms with Gasteiger partial charge < -0.3 is 10.0 Å². The number of carbonyl (C=O) groups is 2. The van der Waals surface area contributed by atoms with Crippen molar-refractivity contribution in [2.45, 2.75) is 25.3 Å². The predicted octanol–water partition coefficient (Wildman–Crippen LogP) is 2.00. The van der Waals surface area contributed by atoms with Gasteiger partial charge in [-0.3, -0.25) is 4.79 Å². The van der Waals surface area contributed by atoms with E-state index in [1.807, 2.05) is 0 Å². The quantitative estimate of drug-likeness (QED) is 0.919. The zero-order chi connectivity index (χ0) is 15.0. The smallest absolute Gasteiger partial charge is 0.326 e. The van der Waals surface area contributed by atoms with E-state index in [0.717, 1.165) is 12.1 Å². The molecule has 0 heterocycles. The molecular weight excluding hydrogens is 268 g/mol. The van der Waals surface area contributed by atoms with Gasteiger partial charge in [-0.15, -0.1) is 0 Å². The number of benzene rings is 1. The zero-order valence-corrected chi connectivity index (χ0v) is 11.1. The number of carbonyl (C=O) groups excluding carboxylic acids is 1. The molecule has 0 radical (unpaired) electrons. The molecule has 1 fully saturated rings. The number of hydrogen-bond donors (Lipinski definition) is 1. The molecule has 20 heavy (non-hydrogen) atoms. The molecule has 1 saturated carbocycles. The van der Waals surface area contributed by atoms with Crippen LogP contribution >= 0.6 is 0 Å². The van der Waals surface area contributed by atoms with Gasteiger partial charge in [0.1, 0.15) is 6.04 Å². The zero-order valence-electron chi connectivity index (χ0n) is 11.1. The predicted molar refractivity (Wildman–Crippen MR) is 67.1 cm³/mol. The average molecular weight is 283 g/mol. The Kier molecular flexibility index (Phi) is 3.74. The van der Waals surface area contributed by atoms with Crippen molar-refractivity contribution in [3.8, 4) is 0 Å². The van der Waals surface area contributed by atoms with Crippen LogP contribution in [0.4, 0.5) is 8.78 Å². The first-order valence-corrected chi connectivity index (χ1v) is 6.27. The van der Waals surface area contributed by atoms with Crippen LogP contribution in [0, 0.1) is 17.6 Å². The van der Waals surface area contributed by atoms with Gasteiger partial charge in [-0.1, -0.05) is 6.07 Å². The van der Waals surface area contributed by atoms with Crippen molar-refractivity contribution in [1.82, 2.24) is 4.90 Å². The van der Waals surface area contributed by atoms with Crippen LogP contribution in [0.15, 0.2) is 18.2 Å². The van der Waals surface area contributed by atoms with Gasteiger partial charge in [0.2, 0.25) is 5.91 Å². The third-order valence-electron chi connectivity index (χ3n) is 3.77. The van der Waals surface area contributed by atoms with Crippen LogP contribution < -0.4 is 0 Å². The first kappa shape index (κ1) is 14.4. The van der Waals surface area contributed by atoms with Crippen LogP contribution in [0.1, 0.15) is 24.8 Å². The van der Waals surface area contributed by atoms with Crippen LogP contribution in [0.5, 0.6) is 0 Å². The van der Waals surface area contributed by atoms with Gasteiger partial charge in [0.15, 0.2) is 11.6 Å². The van der Waals surface area contributed by atoms with E-state index < -0.39 is 23.6 Å². The highest BCUT2D eigenvalue weighted by Gasteiger charge is 2.46. The maximum atomic E-state index is 13.1. The van der Waals surface area contributed by atoms with Crippen molar-refractivity contribution in [2.75, 3.05) is 7.05 Å². The summed E-state index contributed by atoms with van der Waals surface area (Å²) in [6.45, 7) is 1.43. The minimum Gasteiger partial charge on any atom is -0.480 e. The number of nitrogens with zero attached hydrogens (tertiary/aromatic N) is 1. The number of amides is 1. The summed E-state index contributed by atoms with van der Waals surface area (Å²) in [5, 5.41) is 8.87. The number of hydrogen-bond acceptors (Lipinski definition) is 2. The first-order valence-electron chi connectivity index (χ1n) is 6.27. The molecule has 1 aliphatic rings. The highest BCUT2D eigenvalue weighted by molar-refractivity contribution is 5.87. The summed E-state index contributed by atoms with van der Waals surface area (Å²) >= 11 is 0. The molecular formula is C14H15F2NO3. The monoisotopic (exact) mass is 283 g/mol. The maximum Gasteiger partial charge on any atom is 0.326 e. The van der Waals surface area contributed by atoms with Crippen molar-refractivity contribution >= 4 is 11.9 Å². The lowest BCUT2D eigenvalue weighted by Crippen LogP contribution is -2.41. The second-order valence-corrected chi connectivity index (χ2v) is 5.09. The van der Waals surface area contributed by atoms with Gasteiger partial charge in [-0.2, -0.15) is 0 Å². The normalized spacial score (nSPS) is 22.2. The van der Waals surface area contributed by atoms with E-state index in [9.17, 15) is 18.4 Å². The van der Waals surface area contributed by atoms with Gasteiger partial charge in [0, 0.05) is 13.0 Å². The number of likely N-dealkylation sites (N-methyl/N-ethyl adjacent to an activating group) is 1. The fourth-order valence-corrected chi connectivity index (χ4v) is 2.20. The summed E-state index contributed by atoms with van der Waals surface area (Å²) < 4.78 is 26.0. The van der Waals surface area contributed by atoms with E-state index in [-0.39, 0.29) is 17.7 Å². The van der Waals surface area contributed by atoms with E-state index in [1.54, 1.807) is 0 Å². The molecule has 1 aliphatic carbocycles. The van der Waals surface area contributed by atoms with Gasteiger partial charge in [0.05, 0.1) is 0 Å². The van der Waals surface area contributed by atoms with Crippen LogP contribution in [-0.4, -0.2) is 35.0 Å². The van der Waals surface area contributed by atoms with Gasteiger partial charge in [0.25, 0.3) is 0 Å².